The fourth-order valence-corrected chi connectivity index (χ4v) is 4.35. The van der Waals surface area contributed by atoms with Gasteiger partial charge in [0.05, 0.1) is 16.8 Å². The number of nitrogens with zero attached hydrogens (tertiary/aromatic N) is 3. The van der Waals surface area contributed by atoms with Gasteiger partial charge in [0.2, 0.25) is 10.0 Å². The van der Waals surface area contributed by atoms with Gasteiger partial charge in [-0.2, -0.15) is 5.10 Å². The standard InChI is InChI=1S/C24H22N4O4S/c1-27(2)33(31,32)19-12-8-11-18(15-19)25-23(29)22-20-13-6-7-14-21(20)24(30)28(26-22)16-17-9-4-3-5-10-17/h3-15H,16H2,1-2H3,(H,25,29). The van der Waals surface area contributed by atoms with E-state index in [0.29, 0.717) is 16.5 Å². The topological polar surface area (TPSA) is 101 Å². The van der Waals surface area contributed by atoms with E-state index in [2.05, 4.69) is 10.4 Å². The normalized spacial score (nSPS) is 11.6. The molecule has 0 spiro atoms. The molecule has 0 aliphatic rings. The predicted octanol–water partition coefficient (Wildman–Crippen LogP) is 2.95. The van der Waals surface area contributed by atoms with E-state index < -0.39 is 15.9 Å². The van der Waals surface area contributed by atoms with Crippen LogP contribution in [-0.2, 0) is 16.6 Å². The fraction of sp³-hybridized carbons (Fsp3) is 0.125. The van der Waals surface area contributed by atoms with Crippen LogP contribution in [0.3, 0.4) is 0 Å². The van der Waals surface area contributed by atoms with Crippen LogP contribution in [0, 0.1) is 0 Å². The Labute approximate surface area is 191 Å². The summed E-state index contributed by atoms with van der Waals surface area (Å²) in [5, 5.41) is 7.86. The Morgan fingerprint density at radius 1 is 0.939 bits per heavy atom. The molecule has 0 aliphatic carbocycles. The molecule has 3 aromatic carbocycles. The van der Waals surface area contributed by atoms with Crippen molar-refractivity contribution in [3.63, 3.8) is 0 Å². The Balaban J connectivity index is 1.74. The number of aromatic nitrogens is 2. The maximum absolute atomic E-state index is 13.2. The Morgan fingerprint density at radius 2 is 1.61 bits per heavy atom. The first-order valence-electron chi connectivity index (χ1n) is 10.1. The number of benzene rings is 3. The second-order valence-electron chi connectivity index (χ2n) is 7.61. The highest BCUT2D eigenvalue weighted by Gasteiger charge is 2.20. The minimum absolute atomic E-state index is 0.0529. The van der Waals surface area contributed by atoms with Crippen molar-refractivity contribution in [1.82, 2.24) is 14.1 Å². The van der Waals surface area contributed by atoms with Gasteiger partial charge in [-0.25, -0.2) is 17.4 Å². The lowest BCUT2D eigenvalue weighted by Crippen LogP contribution is -2.28. The number of nitrogens with one attached hydrogen (secondary N) is 1. The van der Waals surface area contributed by atoms with Crippen LogP contribution >= 0.6 is 0 Å². The summed E-state index contributed by atoms with van der Waals surface area (Å²) in [5.41, 5.74) is 0.942. The molecule has 0 fully saturated rings. The molecule has 33 heavy (non-hydrogen) atoms. The van der Waals surface area contributed by atoms with Gasteiger partial charge in [0, 0.05) is 25.2 Å². The maximum atomic E-state index is 13.2. The number of carbonyl (C=O) groups excluding carboxylic acids is 1. The Bertz CT molecular complexity index is 1500. The zero-order chi connectivity index (χ0) is 23.6. The second-order valence-corrected chi connectivity index (χ2v) is 9.76. The first-order chi connectivity index (χ1) is 15.8. The largest absolute Gasteiger partial charge is 0.321 e. The van der Waals surface area contributed by atoms with Gasteiger partial charge in [-0.05, 0) is 29.8 Å². The summed E-state index contributed by atoms with van der Waals surface area (Å²) in [6.07, 6.45) is 0. The van der Waals surface area contributed by atoms with E-state index in [1.807, 2.05) is 30.3 Å². The molecule has 0 aliphatic heterocycles. The molecule has 0 unspecified atom stereocenters. The summed E-state index contributed by atoms with van der Waals surface area (Å²) in [7, 11) is -0.786. The van der Waals surface area contributed by atoms with Crippen LogP contribution in [-0.4, -0.2) is 42.5 Å². The number of amides is 1. The van der Waals surface area contributed by atoms with E-state index >= 15 is 0 Å². The molecule has 0 atom stereocenters. The summed E-state index contributed by atoms with van der Waals surface area (Å²) in [6.45, 7) is 0.210. The smallest absolute Gasteiger partial charge is 0.276 e. The second kappa shape index (κ2) is 8.97. The number of fused-ring (bicyclic) bond motifs is 1. The van der Waals surface area contributed by atoms with E-state index in [-0.39, 0.29) is 22.7 Å². The van der Waals surface area contributed by atoms with Crippen molar-refractivity contribution >= 4 is 32.4 Å². The van der Waals surface area contributed by atoms with Crippen LogP contribution in [0.1, 0.15) is 16.1 Å². The lowest BCUT2D eigenvalue weighted by atomic mass is 10.1. The first kappa shape index (κ1) is 22.4. The summed E-state index contributed by atoms with van der Waals surface area (Å²) in [4.78, 5) is 26.2. The molecular formula is C24H22N4O4S. The number of anilines is 1. The highest BCUT2D eigenvalue weighted by molar-refractivity contribution is 7.89. The van der Waals surface area contributed by atoms with Gasteiger partial charge in [-0.1, -0.05) is 54.6 Å². The molecule has 1 aromatic heterocycles. The summed E-state index contributed by atoms with van der Waals surface area (Å²) >= 11 is 0. The van der Waals surface area contributed by atoms with Gasteiger partial charge < -0.3 is 5.32 Å². The molecule has 0 bridgehead atoms. The van der Waals surface area contributed by atoms with E-state index in [4.69, 9.17) is 0 Å². The third kappa shape index (κ3) is 4.55. The molecule has 1 N–H and O–H groups in total. The third-order valence-corrected chi connectivity index (χ3v) is 6.94. The predicted molar refractivity (Wildman–Crippen MR) is 127 cm³/mol. The van der Waals surface area contributed by atoms with Crippen LogP contribution in [0.4, 0.5) is 5.69 Å². The summed E-state index contributed by atoms with van der Waals surface area (Å²) < 4.78 is 27.2. The molecule has 0 saturated carbocycles. The van der Waals surface area contributed by atoms with Gasteiger partial charge in [-0.15, -0.1) is 0 Å². The van der Waals surface area contributed by atoms with Gasteiger partial charge in [-0.3, -0.25) is 9.59 Å². The van der Waals surface area contributed by atoms with Gasteiger partial charge in [0.15, 0.2) is 5.69 Å². The molecule has 0 saturated heterocycles. The zero-order valence-corrected chi connectivity index (χ0v) is 18.9. The van der Waals surface area contributed by atoms with Crippen LogP contribution < -0.4 is 10.9 Å². The average molecular weight is 463 g/mol. The number of hydrogen-bond acceptors (Lipinski definition) is 5. The molecule has 168 valence electrons. The molecule has 1 heterocycles. The van der Waals surface area contributed by atoms with Gasteiger partial charge in [0.25, 0.3) is 11.5 Å². The maximum Gasteiger partial charge on any atom is 0.276 e. The van der Waals surface area contributed by atoms with Crippen molar-refractivity contribution in [3.05, 3.63) is 100 Å². The number of sulfonamides is 1. The lowest BCUT2D eigenvalue weighted by molar-refractivity contribution is 0.102. The fourth-order valence-electron chi connectivity index (χ4n) is 3.40. The molecule has 0 radical (unpaired) electrons. The van der Waals surface area contributed by atoms with Crippen molar-refractivity contribution in [2.75, 3.05) is 19.4 Å². The van der Waals surface area contributed by atoms with Crippen molar-refractivity contribution in [3.8, 4) is 0 Å². The third-order valence-electron chi connectivity index (χ3n) is 5.13. The van der Waals surface area contributed by atoms with Crippen LogP contribution in [0.15, 0.2) is 88.6 Å². The lowest BCUT2D eigenvalue weighted by Gasteiger charge is -2.14. The number of carbonyl (C=O) groups is 1. The summed E-state index contributed by atoms with van der Waals surface area (Å²) in [5.74, 6) is -0.549. The van der Waals surface area contributed by atoms with E-state index in [1.54, 1.807) is 36.4 Å². The van der Waals surface area contributed by atoms with Crippen molar-refractivity contribution in [2.24, 2.45) is 0 Å². The Kier molecular flexibility index (Phi) is 6.08. The quantitative estimate of drug-likeness (QED) is 0.475. The van der Waals surface area contributed by atoms with E-state index in [0.717, 1.165) is 9.87 Å². The number of rotatable bonds is 6. The minimum atomic E-state index is -3.66. The summed E-state index contributed by atoms with van der Waals surface area (Å²) in [6, 6.07) is 22.1. The molecule has 9 heteroatoms. The minimum Gasteiger partial charge on any atom is -0.321 e. The molecule has 4 rings (SSSR count). The molecule has 1 amide bonds. The van der Waals surface area contributed by atoms with E-state index in [9.17, 15) is 18.0 Å². The first-order valence-corrected chi connectivity index (χ1v) is 11.6. The number of hydrogen-bond donors (Lipinski definition) is 1. The van der Waals surface area contributed by atoms with Crippen LogP contribution in [0.2, 0.25) is 0 Å². The van der Waals surface area contributed by atoms with E-state index in [1.165, 1.54) is 30.9 Å². The Morgan fingerprint density at radius 3 is 2.30 bits per heavy atom. The molecular weight excluding hydrogens is 440 g/mol. The van der Waals surface area contributed by atoms with Gasteiger partial charge in [0.1, 0.15) is 0 Å². The Hall–Kier alpha value is -3.82. The van der Waals surface area contributed by atoms with Crippen LogP contribution in [0.5, 0.6) is 0 Å². The highest BCUT2D eigenvalue weighted by Crippen LogP contribution is 2.20. The van der Waals surface area contributed by atoms with Crippen molar-refractivity contribution < 1.29 is 13.2 Å². The zero-order valence-electron chi connectivity index (χ0n) is 18.1. The highest BCUT2D eigenvalue weighted by atomic mass is 32.2. The molecule has 8 nitrogen and oxygen atoms in total. The molecule has 4 aromatic rings. The van der Waals surface area contributed by atoms with Crippen molar-refractivity contribution in [2.45, 2.75) is 11.4 Å². The average Bonchev–Trinajstić information content (AvgIpc) is 2.81. The van der Waals surface area contributed by atoms with Gasteiger partial charge >= 0.3 is 0 Å². The monoisotopic (exact) mass is 462 g/mol. The van der Waals surface area contributed by atoms with Crippen LogP contribution in [0.25, 0.3) is 10.8 Å². The SMILES string of the molecule is CN(C)S(=O)(=O)c1cccc(NC(=O)c2nn(Cc3ccccc3)c(=O)c3ccccc23)c1. The van der Waals surface area contributed by atoms with Crippen molar-refractivity contribution in [1.29, 1.82) is 0 Å².